The largest absolute Gasteiger partial charge is 0.376 e. The van der Waals surface area contributed by atoms with Gasteiger partial charge in [-0.25, -0.2) is 0 Å². The molecule has 1 amide bonds. The molecular formula is C18H22N2O3. The first-order valence-corrected chi connectivity index (χ1v) is 8.29. The number of benzene rings is 1. The Hall–Kier alpha value is -1.90. The lowest BCUT2D eigenvalue weighted by molar-refractivity contribution is -0.125. The Kier molecular flexibility index (Phi) is 5.27. The lowest BCUT2D eigenvalue weighted by Gasteiger charge is -2.37. The topological polar surface area (TPSA) is 62.6 Å². The molecule has 5 heteroatoms. The zero-order valence-corrected chi connectivity index (χ0v) is 13.2. The maximum absolute atomic E-state index is 12.6. The Balaban J connectivity index is 1.63. The van der Waals surface area contributed by atoms with Gasteiger partial charge in [0.25, 0.3) is 5.91 Å². The van der Waals surface area contributed by atoms with Crippen molar-refractivity contribution in [1.82, 2.24) is 0 Å². The molecule has 1 aromatic rings. The highest BCUT2D eigenvalue weighted by Crippen LogP contribution is 2.30. The van der Waals surface area contributed by atoms with Gasteiger partial charge in [0.2, 0.25) is 0 Å². The Bertz CT molecular complexity index is 586. The van der Waals surface area contributed by atoms with Gasteiger partial charge in [-0.15, -0.1) is 0 Å². The molecule has 0 N–H and O–H groups in total. The lowest BCUT2D eigenvalue weighted by Crippen LogP contribution is -2.46. The van der Waals surface area contributed by atoms with Crippen molar-refractivity contribution in [3.8, 4) is 6.07 Å². The molecule has 23 heavy (non-hydrogen) atoms. The molecule has 0 bridgehead atoms. The van der Waals surface area contributed by atoms with E-state index in [1.807, 2.05) is 12.1 Å². The van der Waals surface area contributed by atoms with E-state index >= 15 is 0 Å². The van der Waals surface area contributed by atoms with Gasteiger partial charge < -0.3 is 14.4 Å². The molecular weight excluding hydrogens is 292 g/mol. The van der Waals surface area contributed by atoms with Crippen LogP contribution >= 0.6 is 0 Å². The predicted octanol–water partition coefficient (Wildman–Crippen LogP) is 2.64. The minimum Gasteiger partial charge on any atom is -0.376 e. The molecule has 1 aliphatic carbocycles. The van der Waals surface area contributed by atoms with Crippen molar-refractivity contribution in [2.45, 2.75) is 44.2 Å². The average Bonchev–Trinajstić information content (AvgIpc) is 3.04. The van der Waals surface area contributed by atoms with Crippen LogP contribution in [0.4, 0.5) is 5.69 Å². The minimum absolute atomic E-state index is 0.0391. The summed E-state index contributed by atoms with van der Waals surface area (Å²) in [5, 5.41) is 9.06. The van der Waals surface area contributed by atoms with E-state index < -0.39 is 0 Å². The highest BCUT2D eigenvalue weighted by Gasteiger charge is 2.30. The van der Waals surface area contributed by atoms with Crippen LogP contribution in [-0.2, 0) is 14.3 Å². The number of hydrogen-bond donors (Lipinski definition) is 0. The van der Waals surface area contributed by atoms with Crippen molar-refractivity contribution >= 4 is 11.6 Å². The summed E-state index contributed by atoms with van der Waals surface area (Å²) in [5.74, 6) is -0.0391. The summed E-state index contributed by atoms with van der Waals surface area (Å²) in [4.78, 5) is 14.4. The molecule has 1 saturated carbocycles. The number of nitrogens with zero attached hydrogens (tertiary/aromatic N) is 2. The van der Waals surface area contributed by atoms with Crippen LogP contribution in [0.2, 0.25) is 0 Å². The Morgan fingerprint density at radius 3 is 2.87 bits per heavy atom. The van der Waals surface area contributed by atoms with Crippen molar-refractivity contribution in [3.05, 3.63) is 29.8 Å². The Morgan fingerprint density at radius 2 is 2.22 bits per heavy atom. The van der Waals surface area contributed by atoms with Crippen molar-refractivity contribution in [3.63, 3.8) is 0 Å². The van der Waals surface area contributed by atoms with Gasteiger partial charge in [0.15, 0.2) is 0 Å². The van der Waals surface area contributed by atoms with E-state index in [1.54, 1.807) is 17.0 Å². The van der Waals surface area contributed by atoms with Gasteiger partial charge in [-0.1, -0.05) is 6.07 Å². The van der Waals surface area contributed by atoms with Crippen LogP contribution in [0.3, 0.4) is 0 Å². The first-order valence-electron chi connectivity index (χ1n) is 8.29. The van der Waals surface area contributed by atoms with Crippen LogP contribution in [0.25, 0.3) is 0 Å². The fourth-order valence-electron chi connectivity index (χ4n) is 3.05. The van der Waals surface area contributed by atoms with Crippen molar-refractivity contribution in [1.29, 1.82) is 5.26 Å². The second-order valence-corrected chi connectivity index (χ2v) is 6.16. The maximum atomic E-state index is 12.6. The van der Waals surface area contributed by atoms with Gasteiger partial charge in [-0.05, 0) is 50.3 Å². The van der Waals surface area contributed by atoms with Crippen molar-refractivity contribution < 1.29 is 14.3 Å². The Morgan fingerprint density at radius 1 is 1.35 bits per heavy atom. The van der Waals surface area contributed by atoms with E-state index in [0.717, 1.165) is 44.4 Å². The zero-order valence-electron chi connectivity index (χ0n) is 13.2. The van der Waals surface area contributed by atoms with Gasteiger partial charge in [0, 0.05) is 18.3 Å². The van der Waals surface area contributed by atoms with E-state index in [0.29, 0.717) is 12.2 Å². The fraction of sp³-hybridized carbons (Fsp3) is 0.556. The molecule has 0 aromatic heterocycles. The number of hydrogen-bond acceptors (Lipinski definition) is 4. The van der Waals surface area contributed by atoms with Crippen LogP contribution < -0.4 is 4.90 Å². The van der Waals surface area contributed by atoms with E-state index in [9.17, 15) is 4.79 Å². The third-order valence-electron chi connectivity index (χ3n) is 4.52. The summed E-state index contributed by atoms with van der Waals surface area (Å²) in [7, 11) is 0. The summed E-state index contributed by atoms with van der Waals surface area (Å²) in [6, 6.07) is 9.59. The summed E-state index contributed by atoms with van der Waals surface area (Å²) < 4.78 is 11.1. The molecule has 1 aliphatic heterocycles. The summed E-state index contributed by atoms with van der Waals surface area (Å²) >= 11 is 0. The van der Waals surface area contributed by atoms with E-state index in [-0.39, 0.29) is 24.7 Å². The second-order valence-electron chi connectivity index (χ2n) is 6.16. The monoisotopic (exact) mass is 314 g/mol. The summed E-state index contributed by atoms with van der Waals surface area (Å²) in [6.07, 6.45) is 5.36. The van der Waals surface area contributed by atoms with Gasteiger partial charge >= 0.3 is 0 Å². The molecule has 1 unspecified atom stereocenters. The lowest BCUT2D eigenvalue weighted by atomic mass is 9.91. The fourth-order valence-corrected chi connectivity index (χ4v) is 3.05. The number of ether oxygens (including phenoxy) is 2. The average molecular weight is 314 g/mol. The number of amides is 1. The molecule has 1 aromatic carbocycles. The van der Waals surface area contributed by atoms with Crippen LogP contribution in [0.1, 0.15) is 37.7 Å². The highest BCUT2D eigenvalue weighted by molar-refractivity contribution is 5.95. The third kappa shape index (κ3) is 3.90. The first-order chi connectivity index (χ1) is 11.3. The molecule has 1 saturated heterocycles. The number of carbonyl (C=O) groups excluding carboxylic acids is 1. The van der Waals surface area contributed by atoms with Crippen LogP contribution in [0.15, 0.2) is 24.3 Å². The molecule has 2 aliphatic rings. The zero-order chi connectivity index (χ0) is 16.1. The van der Waals surface area contributed by atoms with Gasteiger partial charge in [0.1, 0.15) is 6.61 Å². The number of anilines is 1. The number of rotatable bonds is 6. The van der Waals surface area contributed by atoms with Gasteiger partial charge in [0.05, 0.1) is 24.3 Å². The van der Waals surface area contributed by atoms with E-state index in [2.05, 4.69) is 6.07 Å². The molecule has 2 fully saturated rings. The predicted molar refractivity (Wildman–Crippen MR) is 86.1 cm³/mol. The summed E-state index contributed by atoms with van der Waals surface area (Å²) in [6.45, 7) is 1.33. The molecule has 3 rings (SSSR count). The third-order valence-corrected chi connectivity index (χ3v) is 4.52. The molecule has 0 spiro atoms. The maximum Gasteiger partial charge on any atom is 0.253 e. The quantitative estimate of drug-likeness (QED) is 0.810. The van der Waals surface area contributed by atoms with Crippen molar-refractivity contribution in [2.24, 2.45) is 0 Å². The van der Waals surface area contributed by atoms with E-state index in [4.69, 9.17) is 14.7 Å². The van der Waals surface area contributed by atoms with Crippen LogP contribution in [0, 0.1) is 11.3 Å². The summed E-state index contributed by atoms with van der Waals surface area (Å²) in [5.41, 5.74) is 1.36. The van der Waals surface area contributed by atoms with Gasteiger partial charge in [-0.3, -0.25) is 4.79 Å². The molecule has 122 valence electrons. The molecule has 1 heterocycles. The number of nitriles is 1. The highest BCUT2D eigenvalue weighted by atomic mass is 16.5. The smallest absolute Gasteiger partial charge is 0.253 e. The second kappa shape index (κ2) is 7.58. The SMILES string of the molecule is N#Cc1cccc(N(C(=O)COCC2CCCO2)C2CCC2)c1. The standard InChI is InChI=1S/C18H22N2O3/c19-11-14-4-1-7-16(10-14)20(15-5-2-6-15)18(21)13-22-12-17-8-3-9-23-17/h1,4,7,10,15,17H,2-3,5-6,8-9,12-13H2. The van der Waals surface area contributed by atoms with E-state index in [1.165, 1.54) is 0 Å². The normalized spacial score (nSPS) is 20.7. The Labute approximate surface area is 136 Å². The molecule has 5 nitrogen and oxygen atoms in total. The van der Waals surface area contributed by atoms with Crippen LogP contribution in [-0.4, -0.2) is 37.9 Å². The van der Waals surface area contributed by atoms with Gasteiger partial charge in [-0.2, -0.15) is 5.26 Å². The minimum atomic E-state index is -0.0391. The first kappa shape index (κ1) is 16.0. The molecule has 0 radical (unpaired) electrons. The van der Waals surface area contributed by atoms with Crippen molar-refractivity contribution in [2.75, 3.05) is 24.7 Å². The van der Waals surface area contributed by atoms with Crippen LogP contribution in [0.5, 0.6) is 0 Å². The molecule has 1 atom stereocenters. The number of carbonyl (C=O) groups is 1.